The molecule has 1 rings (SSSR count). The van der Waals surface area contributed by atoms with Crippen molar-refractivity contribution < 1.29 is 4.74 Å². The van der Waals surface area contributed by atoms with Crippen molar-refractivity contribution in [3.63, 3.8) is 0 Å². The second-order valence-corrected chi connectivity index (χ2v) is 5.43. The molecule has 0 radical (unpaired) electrons. The van der Waals surface area contributed by atoms with Crippen molar-refractivity contribution >= 4 is 0 Å². The van der Waals surface area contributed by atoms with E-state index < -0.39 is 0 Å². The highest BCUT2D eigenvalue weighted by Gasteiger charge is 2.27. The first kappa shape index (κ1) is 13.9. The molecular weight excluding hydrogens is 200 g/mol. The van der Waals surface area contributed by atoms with E-state index in [-0.39, 0.29) is 5.54 Å². The van der Waals surface area contributed by atoms with Gasteiger partial charge in [-0.2, -0.15) is 0 Å². The molecule has 1 N–H and O–H groups in total. The lowest BCUT2D eigenvalue weighted by Gasteiger charge is -2.40. The molecule has 1 unspecified atom stereocenters. The van der Waals surface area contributed by atoms with Gasteiger partial charge in [-0.15, -0.1) is 0 Å². The number of ether oxygens (including phenoxy) is 1. The largest absolute Gasteiger partial charge is 0.383 e. The maximum absolute atomic E-state index is 5.33. The van der Waals surface area contributed by atoms with Gasteiger partial charge in [0.1, 0.15) is 0 Å². The van der Waals surface area contributed by atoms with Gasteiger partial charge in [-0.1, -0.05) is 6.92 Å². The Morgan fingerprint density at radius 3 is 2.75 bits per heavy atom. The Morgan fingerprint density at radius 2 is 2.12 bits per heavy atom. The van der Waals surface area contributed by atoms with Crippen LogP contribution in [0.15, 0.2) is 0 Å². The van der Waals surface area contributed by atoms with Gasteiger partial charge in [-0.3, -0.25) is 4.90 Å². The van der Waals surface area contributed by atoms with E-state index in [9.17, 15) is 0 Å². The van der Waals surface area contributed by atoms with E-state index in [1.807, 2.05) is 0 Å². The fourth-order valence-corrected chi connectivity index (χ4v) is 2.50. The molecular formula is C13H28N2O. The molecule has 0 bridgehead atoms. The van der Waals surface area contributed by atoms with Gasteiger partial charge in [0.25, 0.3) is 0 Å². The summed E-state index contributed by atoms with van der Waals surface area (Å²) in [6.07, 6.45) is 3.73. The first-order chi connectivity index (χ1) is 7.60. The summed E-state index contributed by atoms with van der Waals surface area (Å²) in [5, 5.41) is 3.62. The molecule has 16 heavy (non-hydrogen) atoms. The van der Waals surface area contributed by atoms with Crippen molar-refractivity contribution in [3.05, 3.63) is 0 Å². The number of hydrogen-bond donors (Lipinski definition) is 1. The Bertz CT molecular complexity index is 194. The van der Waals surface area contributed by atoms with Crippen molar-refractivity contribution in [1.29, 1.82) is 0 Å². The first-order valence-corrected chi connectivity index (χ1v) is 6.57. The smallest absolute Gasteiger partial charge is 0.0641 e. The zero-order valence-corrected chi connectivity index (χ0v) is 11.4. The third-order valence-corrected chi connectivity index (χ3v) is 3.63. The SMILES string of the molecule is CCC1CCN(C(C)(C)COC)CCCN1. The average Bonchev–Trinajstić information content (AvgIpc) is 2.17. The molecule has 3 heteroatoms. The zero-order chi connectivity index (χ0) is 12.0. The summed E-state index contributed by atoms with van der Waals surface area (Å²) in [6.45, 7) is 11.2. The summed E-state index contributed by atoms with van der Waals surface area (Å²) in [7, 11) is 1.79. The van der Waals surface area contributed by atoms with E-state index in [1.165, 1.54) is 32.4 Å². The fourth-order valence-electron chi connectivity index (χ4n) is 2.50. The summed E-state index contributed by atoms with van der Waals surface area (Å²) in [5.74, 6) is 0. The van der Waals surface area contributed by atoms with Crippen LogP contribution in [-0.4, -0.2) is 49.8 Å². The van der Waals surface area contributed by atoms with Crippen molar-refractivity contribution in [2.45, 2.75) is 51.6 Å². The van der Waals surface area contributed by atoms with E-state index >= 15 is 0 Å². The fraction of sp³-hybridized carbons (Fsp3) is 1.00. The summed E-state index contributed by atoms with van der Waals surface area (Å²) in [4.78, 5) is 2.58. The molecule has 1 fully saturated rings. The lowest BCUT2D eigenvalue weighted by Crippen LogP contribution is -2.51. The second-order valence-electron chi connectivity index (χ2n) is 5.43. The van der Waals surface area contributed by atoms with E-state index in [4.69, 9.17) is 4.74 Å². The summed E-state index contributed by atoms with van der Waals surface area (Å²) in [5.41, 5.74) is 0.171. The quantitative estimate of drug-likeness (QED) is 0.795. The highest BCUT2D eigenvalue weighted by atomic mass is 16.5. The lowest BCUT2D eigenvalue weighted by atomic mass is 10.0. The summed E-state index contributed by atoms with van der Waals surface area (Å²) < 4.78 is 5.33. The van der Waals surface area contributed by atoms with E-state index in [0.29, 0.717) is 6.04 Å². The molecule has 1 aliphatic rings. The van der Waals surface area contributed by atoms with Crippen LogP contribution in [0.4, 0.5) is 0 Å². The Labute approximate surface area is 101 Å². The van der Waals surface area contributed by atoms with Crippen LogP contribution >= 0.6 is 0 Å². The molecule has 96 valence electrons. The normalized spacial score (nSPS) is 25.1. The van der Waals surface area contributed by atoms with Gasteiger partial charge in [-0.25, -0.2) is 0 Å². The Kier molecular flexibility index (Phi) is 5.73. The monoisotopic (exact) mass is 228 g/mol. The van der Waals surface area contributed by atoms with Gasteiger partial charge < -0.3 is 10.1 Å². The number of nitrogens with zero attached hydrogens (tertiary/aromatic N) is 1. The number of nitrogens with one attached hydrogen (secondary N) is 1. The zero-order valence-electron chi connectivity index (χ0n) is 11.4. The molecule has 0 saturated carbocycles. The Balaban J connectivity index is 2.51. The first-order valence-electron chi connectivity index (χ1n) is 6.57. The predicted octanol–water partition coefficient (Wildman–Crippen LogP) is 1.88. The Morgan fingerprint density at radius 1 is 1.38 bits per heavy atom. The molecule has 1 atom stereocenters. The molecule has 0 aromatic heterocycles. The predicted molar refractivity (Wildman–Crippen MR) is 68.8 cm³/mol. The van der Waals surface area contributed by atoms with E-state index in [2.05, 4.69) is 31.0 Å². The number of methoxy groups -OCH3 is 1. The highest BCUT2D eigenvalue weighted by molar-refractivity contribution is 4.84. The van der Waals surface area contributed by atoms with Crippen molar-refractivity contribution in [2.75, 3.05) is 33.4 Å². The van der Waals surface area contributed by atoms with Crippen LogP contribution in [-0.2, 0) is 4.74 Å². The Hall–Kier alpha value is -0.120. The molecule has 1 heterocycles. The lowest BCUT2D eigenvalue weighted by molar-refractivity contribution is 0.0270. The minimum Gasteiger partial charge on any atom is -0.383 e. The topological polar surface area (TPSA) is 24.5 Å². The van der Waals surface area contributed by atoms with Gasteiger partial charge in [0, 0.05) is 25.2 Å². The van der Waals surface area contributed by atoms with Crippen LogP contribution in [0.2, 0.25) is 0 Å². The van der Waals surface area contributed by atoms with E-state index in [1.54, 1.807) is 7.11 Å². The van der Waals surface area contributed by atoms with Crippen molar-refractivity contribution in [1.82, 2.24) is 10.2 Å². The van der Waals surface area contributed by atoms with Crippen LogP contribution in [0.3, 0.4) is 0 Å². The average molecular weight is 228 g/mol. The molecule has 0 amide bonds. The van der Waals surface area contributed by atoms with Crippen LogP contribution in [0.5, 0.6) is 0 Å². The molecule has 1 aliphatic heterocycles. The maximum atomic E-state index is 5.33. The highest BCUT2D eigenvalue weighted by Crippen LogP contribution is 2.18. The van der Waals surface area contributed by atoms with E-state index in [0.717, 1.165) is 13.2 Å². The molecule has 0 aromatic rings. The van der Waals surface area contributed by atoms with Gasteiger partial charge in [0.05, 0.1) is 6.61 Å². The van der Waals surface area contributed by atoms with Crippen molar-refractivity contribution in [2.24, 2.45) is 0 Å². The van der Waals surface area contributed by atoms with Gasteiger partial charge in [0.2, 0.25) is 0 Å². The third kappa shape index (κ3) is 4.04. The van der Waals surface area contributed by atoms with Gasteiger partial charge >= 0.3 is 0 Å². The number of hydrogen-bond acceptors (Lipinski definition) is 3. The third-order valence-electron chi connectivity index (χ3n) is 3.63. The van der Waals surface area contributed by atoms with Crippen LogP contribution in [0.25, 0.3) is 0 Å². The summed E-state index contributed by atoms with van der Waals surface area (Å²) >= 11 is 0. The van der Waals surface area contributed by atoms with Crippen LogP contribution in [0.1, 0.15) is 40.0 Å². The minimum atomic E-state index is 0.171. The van der Waals surface area contributed by atoms with Gasteiger partial charge in [0.15, 0.2) is 0 Å². The van der Waals surface area contributed by atoms with Gasteiger partial charge in [-0.05, 0) is 46.2 Å². The van der Waals surface area contributed by atoms with Crippen LogP contribution in [0, 0.1) is 0 Å². The van der Waals surface area contributed by atoms with Crippen LogP contribution < -0.4 is 5.32 Å². The standard InChI is InChI=1S/C13H28N2O/c1-5-12-7-10-15(9-6-8-14-12)13(2,3)11-16-4/h12,14H,5-11H2,1-4H3. The minimum absolute atomic E-state index is 0.171. The second kappa shape index (κ2) is 6.58. The van der Waals surface area contributed by atoms with Crippen molar-refractivity contribution in [3.8, 4) is 0 Å². The number of rotatable bonds is 4. The molecule has 0 aromatic carbocycles. The molecule has 1 saturated heterocycles. The summed E-state index contributed by atoms with van der Waals surface area (Å²) in [6, 6.07) is 0.696. The maximum Gasteiger partial charge on any atom is 0.0641 e. The molecule has 0 aliphatic carbocycles. The molecule has 3 nitrogen and oxygen atoms in total. The molecule has 0 spiro atoms.